The fourth-order valence-electron chi connectivity index (χ4n) is 2.04. The summed E-state index contributed by atoms with van der Waals surface area (Å²) in [6.45, 7) is 0.528. The smallest absolute Gasteiger partial charge is 0.359 e. The van der Waals surface area contributed by atoms with E-state index in [1.165, 1.54) is 19.3 Å². The predicted octanol–water partition coefficient (Wildman–Crippen LogP) is 2.52. The van der Waals surface area contributed by atoms with Gasteiger partial charge in [-0.1, -0.05) is 24.6 Å². The summed E-state index contributed by atoms with van der Waals surface area (Å²) in [5.41, 5.74) is 1.25. The second kappa shape index (κ2) is 4.20. The summed E-state index contributed by atoms with van der Waals surface area (Å²) in [6, 6.07) is 7.56. The normalized spacial score (nSPS) is 15.8. The molecule has 3 rings (SSSR count). The molecule has 4 nitrogen and oxygen atoms in total. The molecule has 0 bridgehead atoms. The Balaban J connectivity index is 1.75. The van der Waals surface area contributed by atoms with Gasteiger partial charge in [0.2, 0.25) is 0 Å². The fraction of sp³-hybridized carbons (Fsp3) is 0.385. The van der Waals surface area contributed by atoms with Crippen LogP contribution in [0, 0.1) is 5.92 Å². The van der Waals surface area contributed by atoms with Gasteiger partial charge >= 0.3 is 5.97 Å². The van der Waals surface area contributed by atoms with E-state index < -0.39 is 0 Å². The van der Waals surface area contributed by atoms with Crippen molar-refractivity contribution in [3.8, 4) is 0 Å². The highest BCUT2D eigenvalue weighted by Crippen LogP contribution is 2.26. The number of esters is 1. The largest absolute Gasteiger partial charge is 0.461 e. The first-order valence-corrected chi connectivity index (χ1v) is 5.95. The second-order valence-electron chi connectivity index (χ2n) is 4.51. The lowest BCUT2D eigenvalue weighted by atomic mass is 9.86. The molecule has 1 aromatic heterocycles. The second-order valence-corrected chi connectivity index (χ2v) is 4.51. The zero-order valence-corrected chi connectivity index (χ0v) is 9.48. The van der Waals surface area contributed by atoms with Gasteiger partial charge in [-0.2, -0.15) is 5.10 Å². The molecule has 1 aromatic carbocycles. The summed E-state index contributed by atoms with van der Waals surface area (Å²) in [5, 5.41) is 7.68. The third-order valence-electron chi connectivity index (χ3n) is 3.34. The van der Waals surface area contributed by atoms with Crippen LogP contribution in [0.25, 0.3) is 10.9 Å². The van der Waals surface area contributed by atoms with E-state index in [9.17, 15) is 4.79 Å². The van der Waals surface area contributed by atoms with Crippen LogP contribution >= 0.6 is 0 Å². The molecule has 0 radical (unpaired) electrons. The van der Waals surface area contributed by atoms with Gasteiger partial charge in [0, 0.05) is 5.39 Å². The number of rotatable bonds is 3. The number of aromatic nitrogens is 2. The maximum absolute atomic E-state index is 11.9. The average Bonchev–Trinajstić information content (AvgIpc) is 2.70. The minimum absolute atomic E-state index is 0.325. The van der Waals surface area contributed by atoms with E-state index in [4.69, 9.17) is 4.74 Å². The number of nitrogens with zero attached hydrogens (tertiary/aromatic N) is 1. The molecule has 0 aliphatic heterocycles. The summed E-state index contributed by atoms with van der Waals surface area (Å²) in [6.07, 6.45) is 3.61. The molecular formula is C13H14N2O2. The Labute approximate surface area is 99.0 Å². The van der Waals surface area contributed by atoms with E-state index in [0.29, 0.717) is 18.2 Å². The maximum atomic E-state index is 11.9. The number of hydrogen-bond acceptors (Lipinski definition) is 3. The Kier molecular flexibility index (Phi) is 2.55. The molecule has 1 aliphatic rings. The number of benzene rings is 1. The first kappa shape index (κ1) is 10.3. The summed E-state index contributed by atoms with van der Waals surface area (Å²) >= 11 is 0. The number of para-hydroxylation sites is 1. The molecule has 0 atom stereocenters. The Hall–Kier alpha value is -1.84. The van der Waals surface area contributed by atoms with Gasteiger partial charge in [0.1, 0.15) is 0 Å². The highest BCUT2D eigenvalue weighted by Gasteiger charge is 2.21. The van der Waals surface area contributed by atoms with Gasteiger partial charge < -0.3 is 4.74 Å². The molecule has 0 unspecified atom stereocenters. The molecular weight excluding hydrogens is 216 g/mol. The SMILES string of the molecule is O=C(OCC1CCC1)c1n[nH]c2ccccc12. The fourth-order valence-corrected chi connectivity index (χ4v) is 2.04. The third-order valence-corrected chi connectivity index (χ3v) is 3.34. The van der Waals surface area contributed by atoms with Gasteiger partial charge in [-0.15, -0.1) is 0 Å². The van der Waals surface area contributed by atoms with Crippen molar-refractivity contribution < 1.29 is 9.53 Å². The average molecular weight is 230 g/mol. The van der Waals surface area contributed by atoms with E-state index in [1.807, 2.05) is 24.3 Å². The molecule has 0 spiro atoms. The van der Waals surface area contributed by atoms with E-state index >= 15 is 0 Å². The van der Waals surface area contributed by atoms with Crippen LogP contribution in [0.15, 0.2) is 24.3 Å². The Morgan fingerprint density at radius 3 is 3.00 bits per heavy atom. The Morgan fingerprint density at radius 2 is 2.24 bits per heavy atom. The third kappa shape index (κ3) is 1.90. The number of H-pyrrole nitrogens is 1. The van der Waals surface area contributed by atoms with Crippen molar-refractivity contribution in [3.05, 3.63) is 30.0 Å². The van der Waals surface area contributed by atoms with Gasteiger partial charge in [-0.05, 0) is 24.8 Å². The summed E-state index contributed by atoms with van der Waals surface area (Å²) in [4.78, 5) is 11.9. The number of hydrogen-bond donors (Lipinski definition) is 1. The molecule has 4 heteroatoms. The quantitative estimate of drug-likeness (QED) is 0.824. The maximum Gasteiger partial charge on any atom is 0.359 e. The minimum atomic E-state index is -0.325. The Morgan fingerprint density at radius 1 is 1.41 bits per heavy atom. The van der Waals surface area contributed by atoms with Gasteiger partial charge in [0.25, 0.3) is 0 Å². The molecule has 17 heavy (non-hydrogen) atoms. The van der Waals surface area contributed by atoms with Crippen LogP contribution in [0.5, 0.6) is 0 Å². The van der Waals surface area contributed by atoms with E-state index in [1.54, 1.807) is 0 Å². The first-order valence-electron chi connectivity index (χ1n) is 5.95. The van der Waals surface area contributed by atoms with Gasteiger partial charge in [0.15, 0.2) is 5.69 Å². The number of carbonyl (C=O) groups excluding carboxylic acids is 1. The topological polar surface area (TPSA) is 55.0 Å². The highest BCUT2D eigenvalue weighted by molar-refractivity contribution is 6.01. The van der Waals surface area contributed by atoms with Crippen LogP contribution in [-0.4, -0.2) is 22.8 Å². The molecule has 0 saturated heterocycles. The number of ether oxygens (including phenoxy) is 1. The molecule has 88 valence electrons. The van der Waals surface area contributed by atoms with Crippen LogP contribution in [-0.2, 0) is 4.74 Å². The zero-order valence-electron chi connectivity index (χ0n) is 9.48. The van der Waals surface area contributed by atoms with Gasteiger partial charge in [-0.3, -0.25) is 5.10 Å². The van der Waals surface area contributed by atoms with Crippen molar-refractivity contribution in [1.82, 2.24) is 10.2 Å². The number of nitrogens with one attached hydrogen (secondary N) is 1. The molecule has 1 saturated carbocycles. The van der Waals surface area contributed by atoms with Crippen LogP contribution in [0.1, 0.15) is 29.8 Å². The summed E-state index contributed by atoms with van der Waals surface area (Å²) in [7, 11) is 0. The van der Waals surface area contributed by atoms with Crippen LogP contribution in [0.4, 0.5) is 0 Å². The van der Waals surface area contributed by atoms with Crippen LogP contribution in [0.2, 0.25) is 0 Å². The molecule has 1 fully saturated rings. The monoisotopic (exact) mass is 230 g/mol. The molecule has 0 amide bonds. The molecule has 1 aliphatic carbocycles. The van der Waals surface area contributed by atoms with Gasteiger partial charge in [-0.25, -0.2) is 4.79 Å². The van der Waals surface area contributed by atoms with Crippen molar-refractivity contribution in [2.45, 2.75) is 19.3 Å². The molecule has 1 heterocycles. The number of aromatic amines is 1. The lowest BCUT2D eigenvalue weighted by Crippen LogP contribution is -2.20. The van der Waals surface area contributed by atoms with Crippen molar-refractivity contribution in [3.63, 3.8) is 0 Å². The summed E-state index contributed by atoms with van der Waals surface area (Å²) in [5.74, 6) is 0.235. The standard InChI is InChI=1S/C13H14N2O2/c16-13(17-8-9-4-3-5-9)12-10-6-1-2-7-11(10)14-15-12/h1-2,6-7,9H,3-5,8H2,(H,14,15). The van der Waals surface area contributed by atoms with Crippen molar-refractivity contribution in [2.24, 2.45) is 5.92 Å². The van der Waals surface area contributed by atoms with Crippen molar-refractivity contribution in [1.29, 1.82) is 0 Å². The summed E-state index contributed by atoms with van der Waals surface area (Å²) < 4.78 is 5.28. The first-order chi connectivity index (χ1) is 8.34. The highest BCUT2D eigenvalue weighted by atomic mass is 16.5. The van der Waals surface area contributed by atoms with Gasteiger partial charge in [0.05, 0.1) is 12.1 Å². The minimum Gasteiger partial charge on any atom is -0.461 e. The lowest BCUT2D eigenvalue weighted by Gasteiger charge is -2.24. The molecule has 2 aromatic rings. The van der Waals surface area contributed by atoms with E-state index in [2.05, 4.69) is 10.2 Å². The van der Waals surface area contributed by atoms with E-state index in [-0.39, 0.29) is 5.97 Å². The number of fused-ring (bicyclic) bond motifs is 1. The number of carbonyl (C=O) groups is 1. The van der Waals surface area contributed by atoms with Crippen molar-refractivity contribution >= 4 is 16.9 Å². The van der Waals surface area contributed by atoms with Crippen LogP contribution < -0.4 is 0 Å². The van der Waals surface area contributed by atoms with E-state index in [0.717, 1.165) is 10.9 Å². The molecule has 1 N–H and O–H groups in total. The van der Waals surface area contributed by atoms with Crippen LogP contribution in [0.3, 0.4) is 0 Å². The zero-order chi connectivity index (χ0) is 11.7. The Bertz CT molecular complexity index is 543. The van der Waals surface area contributed by atoms with Crippen molar-refractivity contribution in [2.75, 3.05) is 6.61 Å². The predicted molar refractivity (Wildman–Crippen MR) is 63.7 cm³/mol. The lowest BCUT2D eigenvalue weighted by molar-refractivity contribution is 0.0367.